The Hall–Kier alpha value is -0.940. The molecule has 1 saturated heterocycles. The van der Waals surface area contributed by atoms with Gasteiger partial charge in [0, 0.05) is 32.1 Å². The van der Waals surface area contributed by atoms with Crippen molar-refractivity contribution in [3.63, 3.8) is 0 Å². The van der Waals surface area contributed by atoms with Crippen molar-refractivity contribution in [3.8, 4) is 0 Å². The maximum atomic E-state index is 4.26. The van der Waals surface area contributed by atoms with E-state index in [0.717, 1.165) is 18.8 Å². The molecule has 5 heteroatoms. The van der Waals surface area contributed by atoms with Crippen molar-refractivity contribution < 1.29 is 0 Å². The van der Waals surface area contributed by atoms with Gasteiger partial charge in [0.1, 0.15) is 6.33 Å². The lowest BCUT2D eigenvalue weighted by Crippen LogP contribution is -2.35. The van der Waals surface area contributed by atoms with Crippen LogP contribution >= 0.6 is 0 Å². The fourth-order valence-corrected chi connectivity index (χ4v) is 2.40. The zero-order chi connectivity index (χ0) is 12.1. The first-order valence-electron chi connectivity index (χ1n) is 6.55. The van der Waals surface area contributed by atoms with E-state index in [9.17, 15) is 0 Å². The van der Waals surface area contributed by atoms with Crippen LogP contribution in [-0.4, -0.2) is 39.9 Å². The number of hydrogen-bond donors (Lipinski definition) is 2. The van der Waals surface area contributed by atoms with Gasteiger partial charge in [0.15, 0.2) is 5.82 Å². The molecule has 0 aromatic carbocycles. The maximum absolute atomic E-state index is 4.26. The van der Waals surface area contributed by atoms with E-state index in [2.05, 4.69) is 27.6 Å². The molecule has 2 unspecified atom stereocenters. The number of hydrogen-bond acceptors (Lipinski definition) is 4. The van der Waals surface area contributed by atoms with Gasteiger partial charge in [0.05, 0.1) is 0 Å². The van der Waals surface area contributed by atoms with Crippen LogP contribution in [0.1, 0.15) is 32.0 Å². The zero-order valence-electron chi connectivity index (χ0n) is 10.8. The van der Waals surface area contributed by atoms with Crippen molar-refractivity contribution in [3.05, 3.63) is 12.2 Å². The maximum Gasteiger partial charge on any atom is 0.151 e. The molecule has 0 radical (unpaired) electrons. The van der Waals surface area contributed by atoms with Gasteiger partial charge in [-0.3, -0.25) is 4.68 Å². The molecule has 2 heterocycles. The quantitative estimate of drug-likeness (QED) is 0.755. The highest BCUT2D eigenvalue weighted by Gasteiger charge is 2.16. The molecular formula is C12H23N5. The molecule has 0 aliphatic carbocycles. The van der Waals surface area contributed by atoms with E-state index < -0.39 is 0 Å². The molecule has 2 atom stereocenters. The third kappa shape index (κ3) is 4.09. The SMILES string of the molecule is CC(CC1CCCN1)NCCc1ncn(C)n1. The lowest BCUT2D eigenvalue weighted by Gasteiger charge is -2.17. The Bertz CT molecular complexity index is 329. The molecule has 0 saturated carbocycles. The van der Waals surface area contributed by atoms with E-state index >= 15 is 0 Å². The summed E-state index contributed by atoms with van der Waals surface area (Å²) in [6, 6.07) is 1.28. The minimum Gasteiger partial charge on any atom is -0.314 e. The van der Waals surface area contributed by atoms with Crippen LogP contribution in [0.4, 0.5) is 0 Å². The van der Waals surface area contributed by atoms with Crippen molar-refractivity contribution in [1.29, 1.82) is 0 Å². The molecule has 0 spiro atoms. The minimum atomic E-state index is 0.564. The lowest BCUT2D eigenvalue weighted by molar-refractivity contribution is 0.441. The second kappa shape index (κ2) is 6.12. The highest BCUT2D eigenvalue weighted by molar-refractivity contribution is 4.83. The summed E-state index contributed by atoms with van der Waals surface area (Å²) in [6.07, 6.45) is 6.53. The summed E-state index contributed by atoms with van der Waals surface area (Å²) in [5, 5.41) is 11.3. The Kier molecular flexibility index (Phi) is 4.50. The summed E-state index contributed by atoms with van der Waals surface area (Å²) in [4.78, 5) is 4.22. The predicted octanol–water partition coefficient (Wildman–Crippen LogP) is 0.478. The smallest absolute Gasteiger partial charge is 0.151 e. The van der Waals surface area contributed by atoms with Crippen molar-refractivity contribution in [2.75, 3.05) is 13.1 Å². The number of aromatic nitrogens is 3. The molecule has 5 nitrogen and oxygen atoms in total. The number of aryl methyl sites for hydroxylation is 1. The Labute approximate surface area is 103 Å². The standard InChI is InChI=1S/C12H23N5/c1-10(8-11-4-3-6-14-11)13-7-5-12-15-9-17(2)16-12/h9-11,13-14H,3-8H2,1-2H3. The van der Waals surface area contributed by atoms with Crippen molar-refractivity contribution in [2.24, 2.45) is 7.05 Å². The molecule has 0 amide bonds. The number of nitrogens with one attached hydrogen (secondary N) is 2. The van der Waals surface area contributed by atoms with Crippen LogP contribution in [0.2, 0.25) is 0 Å². The third-order valence-electron chi connectivity index (χ3n) is 3.29. The topological polar surface area (TPSA) is 54.8 Å². The van der Waals surface area contributed by atoms with E-state index in [1.54, 1.807) is 11.0 Å². The Morgan fingerprint density at radius 1 is 1.65 bits per heavy atom. The Morgan fingerprint density at radius 3 is 3.18 bits per heavy atom. The molecule has 17 heavy (non-hydrogen) atoms. The van der Waals surface area contributed by atoms with Gasteiger partial charge >= 0.3 is 0 Å². The van der Waals surface area contributed by atoms with E-state index in [4.69, 9.17) is 0 Å². The first kappa shape index (κ1) is 12.5. The highest BCUT2D eigenvalue weighted by Crippen LogP contribution is 2.10. The van der Waals surface area contributed by atoms with Gasteiger partial charge in [-0.1, -0.05) is 0 Å². The molecule has 1 aromatic heterocycles. The number of nitrogens with zero attached hydrogens (tertiary/aromatic N) is 3. The molecule has 1 aromatic rings. The van der Waals surface area contributed by atoms with Crippen molar-refractivity contribution >= 4 is 0 Å². The van der Waals surface area contributed by atoms with E-state index in [1.165, 1.54) is 25.8 Å². The minimum absolute atomic E-state index is 0.564. The molecule has 96 valence electrons. The largest absolute Gasteiger partial charge is 0.314 e. The first-order chi connectivity index (χ1) is 8.24. The molecule has 1 aliphatic heterocycles. The summed E-state index contributed by atoms with van der Waals surface area (Å²) < 4.78 is 1.75. The molecule has 1 fully saturated rings. The van der Waals surface area contributed by atoms with Gasteiger partial charge in [-0.15, -0.1) is 0 Å². The first-order valence-corrected chi connectivity index (χ1v) is 6.55. The second-order valence-electron chi connectivity index (χ2n) is 4.97. The summed E-state index contributed by atoms with van der Waals surface area (Å²) in [5.41, 5.74) is 0. The van der Waals surface area contributed by atoms with Gasteiger partial charge in [-0.05, 0) is 32.7 Å². The fourth-order valence-electron chi connectivity index (χ4n) is 2.40. The van der Waals surface area contributed by atoms with Gasteiger partial charge in [0.2, 0.25) is 0 Å². The van der Waals surface area contributed by atoms with Gasteiger partial charge < -0.3 is 10.6 Å². The van der Waals surface area contributed by atoms with E-state index in [-0.39, 0.29) is 0 Å². The highest BCUT2D eigenvalue weighted by atomic mass is 15.3. The summed E-state index contributed by atoms with van der Waals surface area (Å²) >= 11 is 0. The lowest BCUT2D eigenvalue weighted by atomic mass is 10.1. The summed E-state index contributed by atoms with van der Waals surface area (Å²) in [6.45, 7) is 4.40. The van der Waals surface area contributed by atoms with Crippen molar-refractivity contribution in [2.45, 2.75) is 44.7 Å². The normalized spacial score (nSPS) is 21.9. The van der Waals surface area contributed by atoms with Gasteiger partial charge in [0.25, 0.3) is 0 Å². The Morgan fingerprint density at radius 2 is 2.53 bits per heavy atom. The molecule has 1 aliphatic rings. The van der Waals surface area contributed by atoms with E-state index in [1.807, 2.05) is 7.05 Å². The van der Waals surface area contributed by atoms with Crippen molar-refractivity contribution in [1.82, 2.24) is 25.4 Å². The number of rotatable bonds is 6. The molecule has 2 rings (SSSR count). The van der Waals surface area contributed by atoms with Gasteiger partial charge in [-0.25, -0.2) is 4.98 Å². The van der Waals surface area contributed by atoms with Crippen LogP contribution in [0.3, 0.4) is 0 Å². The van der Waals surface area contributed by atoms with Crippen LogP contribution in [0, 0.1) is 0 Å². The van der Waals surface area contributed by atoms with Gasteiger partial charge in [-0.2, -0.15) is 5.10 Å². The van der Waals surface area contributed by atoms with Crippen LogP contribution in [0.5, 0.6) is 0 Å². The molecule has 0 bridgehead atoms. The monoisotopic (exact) mass is 237 g/mol. The molecule has 2 N–H and O–H groups in total. The Balaban J connectivity index is 1.60. The van der Waals surface area contributed by atoms with Crippen LogP contribution in [-0.2, 0) is 13.5 Å². The van der Waals surface area contributed by atoms with Crippen LogP contribution in [0.25, 0.3) is 0 Å². The summed E-state index contributed by atoms with van der Waals surface area (Å²) in [5.74, 6) is 0.922. The average molecular weight is 237 g/mol. The second-order valence-corrected chi connectivity index (χ2v) is 4.97. The van der Waals surface area contributed by atoms with E-state index in [0.29, 0.717) is 12.1 Å². The van der Waals surface area contributed by atoms with Crippen LogP contribution < -0.4 is 10.6 Å². The molecular weight excluding hydrogens is 214 g/mol. The summed E-state index contributed by atoms with van der Waals surface area (Å²) in [7, 11) is 1.90. The fraction of sp³-hybridized carbons (Fsp3) is 0.833. The zero-order valence-corrected chi connectivity index (χ0v) is 10.8. The predicted molar refractivity (Wildman–Crippen MR) is 67.8 cm³/mol. The average Bonchev–Trinajstić information content (AvgIpc) is 2.90. The third-order valence-corrected chi connectivity index (χ3v) is 3.29. The van der Waals surface area contributed by atoms with Crippen LogP contribution in [0.15, 0.2) is 6.33 Å².